The fraction of sp³-hybridized carbons (Fsp3) is 0.455. The highest BCUT2D eigenvalue weighted by Gasteiger charge is 2.21. The maximum Gasteiger partial charge on any atom is 0.0810 e. The van der Waals surface area contributed by atoms with Gasteiger partial charge in [-0.1, -0.05) is 56.0 Å². The molecule has 0 heterocycles. The van der Waals surface area contributed by atoms with E-state index in [2.05, 4.69) is 13.8 Å². The Balaban J connectivity index is 3.12. The molecule has 0 spiro atoms. The van der Waals surface area contributed by atoms with Crippen molar-refractivity contribution < 1.29 is 0 Å². The van der Waals surface area contributed by atoms with Gasteiger partial charge in [-0.25, -0.2) is 0 Å². The maximum absolute atomic E-state index is 6.24. The van der Waals surface area contributed by atoms with Crippen molar-refractivity contribution in [3.05, 3.63) is 33.8 Å². The molecular weight excluding hydrogens is 214 g/mol. The zero-order valence-electron chi connectivity index (χ0n) is 8.48. The van der Waals surface area contributed by atoms with E-state index in [0.29, 0.717) is 10.0 Å². The van der Waals surface area contributed by atoms with Crippen LogP contribution >= 0.6 is 23.2 Å². The van der Waals surface area contributed by atoms with Crippen molar-refractivity contribution in [2.75, 3.05) is 0 Å². The average molecular weight is 227 g/mol. The summed E-state index contributed by atoms with van der Waals surface area (Å²) in [6, 6.07) is 5.60. The van der Waals surface area contributed by atoms with E-state index in [4.69, 9.17) is 31.0 Å². The second kappa shape index (κ2) is 4.59. The third-order valence-corrected chi connectivity index (χ3v) is 3.50. The van der Waals surface area contributed by atoms with Gasteiger partial charge < -0.3 is 0 Å². The van der Waals surface area contributed by atoms with Crippen LogP contribution in [0, 0.1) is 0 Å². The molecule has 0 unspecified atom stereocenters. The summed E-state index contributed by atoms with van der Waals surface area (Å²) in [7, 11) is 6.24. The van der Waals surface area contributed by atoms with E-state index in [0.717, 1.165) is 18.4 Å². The van der Waals surface area contributed by atoms with Gasteiger partial charge in [0, 0.05) is 0 Å². The van der Waals surface area contributed by atoms with Crippen molar-refractivity contribution in [2.24, 2.45) is 0 Å². The Hall–Kier alpha value is -0.135. The van der Waals surface area contributed by atoms with Crippen LogP contribution in [0.25, 0.3) is 0 Å². The Labute approximate surface area is 97.0 Å². The third kappa shape index (κ3) is 2.27. The standard InChI is InChI=1S/C11H13BCl2/c1-3-11(12,4-2)8-5-6-9(13)10(14)7-8/h5-7H,3-4H2,1-2H3. The van der Waals surface area contributed by atoms with Crippen molar-refractivity contribution in [1.29, 1.82) is 0 Å². The molecule has 0 aliphatic rings. The predicted octanol–water partition coefficient (Wildman–Crippen LogP) is 4.18. The summed E-state index contributed by atoms with van der Waals surface area (Å²) in [6.07, 6.45) is 1.78. The van der Waals surface area contributed by atoms with Crippen LogP contribution < -0.4 is 0 Å². The summed E-state index contributed by atoms with van der Waals surface area (Å²) in [6.45, 7) is 4.15. The van der Waals surface area contributed by atoms with Crippen LogP contribution in [0.5, 0.6) is 0 Å². The minimum atomic E-state index is -0.284. The molecule has 3 heteroatoms. The molecule has 0 saturated heterocycles. The van der Waals surface area contributed by atoms with Crippen LogP contribution in [0.3, 0.4) is 0 Å². The van der Waals surface area contributed by atoms with E-state index in [1.165, 1.54) is 0 Å². The quantitative estimate of drug-likeness (QED) is 0.679. The van der Waals surface area contributed by atoms with Gasteiger partial charge in [0.15, 0.2) is 0 Å². The molecule has 0 N–H and O–H groups in total. The van der Waals surface area contributed by atoms with Crippen molar-refractivity contribution in [3.63, 3.8) is 0 Å². The molecule has 0 amide bonds. The van der Waals surface area contributed by atoms with Gasteiger partial charge in [0.05, 0.1) is 17.9 Å². The SMILES string of the molecule is [B]C(CC)(CC)c1ccc(Cl)c(Cl)c1. The second-order valence-electron chi connectivity index (χ2n) is 3.49. The number of halogens is 2. The first-order valence-electron chi connectivity index (χ1n) is 4.78. The molecule has 2 radical (unpaired) electrons. The second-order valence-corrected chi connectivity index (χ2v) is 4.31. The molecular formula is C11H13BCl2. The van der Waals surface area contributed by atoms with Crippen LogP contribution in [-0.4, -0.2) is 7.85 Å². The lowest BCUT2D eigenvalue weighted by molar-refractivity contribution is 0.565. The highest BCUT2D eigenvalue weighted by Crippen LogP contribution is 2.32. The summed E-state index contributed by atoms with van der Waals surface area (Å²) >= 11 is 11.8. The van der Waals surface area contributed by atoms with E-state index < -0.39 is 0 Å². The monoisotopic (exact) mass is 226 g/mol. The lowest BCUT2D eigenvalue weighted by Crippen LogP contribution is -2.24. The fourth-order valence-electron chi connectivity index (χ4n) is 1.46. The molecule has 0 fully saturated rings. The zero-order chi connectivity index (χ0) is 10.8. The summed E-state index contributed by atoms with van der Waals surface area (Å²) in [5.41, 5.74) is 1.05. The Morgan fingerprint density at radius 1 is 1.14 bits per heavy atom. The maximum atomic E-state index is 6.24. The van der Waals surface area contributed by atoms with Crippen LogP contribution in [-0.2, 0) is 5.31 Å². The lowest BCUT2D eigenvalue weighted by Gasteiger charge is -2.28. The molecule has 1 rings (SSSR count). The van der Waals surface area contributed by atoms with E-state index in [9.17, 15) is 0 Å². The zero-order valence-corrected chi connectivity index (χ0v) is 9.99. The lowest BCUT2D eigenvalue weighted by atomic mass is 9.61. The van der Waals surface area contributed by atoms with Gasteiger partial charge in [-0.2, -0.15) is 0 Å². The molecule has 1 aromatic rings. The van der Waals surface area contributed by atoms with Gasteiger partial charge in [-0.05, 0) is 23.0 Å². The third-order valence-electron chi connectivity index (χ3n) is 2.76. The molecule has 14 heavy (non-hydrogen) atoms. The summed E-state index contributed by atoms with van der Waals surface area (Å²) in [4.78, 5) is 0. The highest BCUT2D eigenvalue weighted by molar-refractivity contribution is 6.42. The molecule has 0 aliphatic heterocycles. The summed E-state index contributed by atoms with van der Waals surface area (Å²) in [5, 5.41) is 0.861. The van der Waals surface area contributed by atoms with Gasteiger partial charge >= 0.3 is 0 Å². The van der Waals surface area contributed by atoms with E-state index in [1.54, 1.807) is 6.07 Å². The molecule has 74 valence electrons. The van der Waals surface area contributed by atoms with Crippen molar-refractivity contribution in [3.8, 4) is 0 Å². The fourth-order valence-corrected chi connectivity index (χ4v) is 1.76. The van der Waals surface area contributed by atoms with E-state index in [-0.39, 0.29) is 5.31 Å². The van der Waals surface area contributed by atoms with E-state index in [1.807, 2.05) is 12.1 Å². The Bertz CT molecular complexity index is 319. The summed E-state index contributed by atoms with van der Waals surface area (Å²) in [5.74, 6) is 0. The van der Waals surface area contributed by atoms with Gasteiger partial charge in [-0.3, -0.25) is 0 Å². The van der Waals surface area contributed by atoms with Crippen LogP contribution in [0.4, 0.5) is 0 Å². The average Bonchev–Trinajstić information content (AvgIpc) is 2.21. The summed E-state index contributed by atoms with van der Waals surface area (Å²) < 4.78 is 0. The molecule has 1 aromatic carbocycles. The highest BCUT2D eigenvalue weighted by atomic mass is 35.5. The number of rotatable bonds is 3. The van der Waals surface area contributed by atoms with Gasteiger partial charge in [0.2, 0.25) is 0 Å². The molecule has 0 saturated carbocycles. The minimum absolute atomic E-state index is 0.284. The van der Waals surface area contributed by atoms with E-state index >= 15 is 0 Å². The van der Waals surface area contributed by atoms with Crippen LogP contribution in [0.2, 0.25) is 10.0 Å². The largest absolute Gasteiger partial charge is 0.0827 e. The van der Waals surface area contributed by atoms with Gasteiger partial charge in [0.25, 0.3) is 0 Å². The molecule has 0 aromatic heterocycles. The van der Waals surface area contributed by atoms with Gasteiger partial charge in [-0.15, -0.1) is 0 Å². The first kappa shape index (κ1) is 11.9. The first-order chi connectivity index (χ1) is 6.53. The molecule has 0 atom stereocenters. The number of hydrogen-bond acceptors (Lipinski definition) is 0. The Morgan fingerprint density at radius 2 is 1.71 bits per heavy atom. The van der Waals surface area contributed by atoms with Crippen molar-refractivity contribution >= 4 is 31.0 Å². The van der Waals surface area contributed by atoms with Gasteiger partial charge in [0.1, 0.15) is 0 Å². The number of benzene rings is 1. The normalized spacial score (nSPS) is 11.7. The smallest absolute Gasteiger partial charge is 0.0810 e. The topological polar surface area (TPSA) is 0 Å². The Kier molecular flexibility index (Phi) is 3.91. The Morgan fingerprint density at radius 3 is 2.14 bits per heavy atom. The molecule has 0 aliphatic carbocycles. The van der Waals surface area contributed by atoms with Crippen LogP contribution in [0.15, 0.2) is 18.2 Å². The van der Waals surface area contributed by atoms with Crippen LogP contribution in [0.1, 0.15) is 32.3 Å². The first-order valence-corrected chi connectivity index (χ1v) is 5.53. The van der Waals surface area contributed by atoms with Crippen molar-refractivity contribution in [1.82, 2.24) is 0 Å². The van der Waals surface area contributed by atoms with Crippen molar-refractivity contribution in [2.45, 2.75) is 32.0 Å². The minimum Gasteiger partial charge on any atom is -0.0827 e. The predicted molar refractivity (Wildman–Crippen MR) is 64.5 cm³/mol. The molecule has 0 bridgehead atoms. The number of hydrogen-bond donors (Lipinski definition) is 0. The molecule has 0 nitrogen and oxygen atoms in total.